The van der Waals surface area contributed by atoms with Crippen molar-refractivity contribution in [2.24, 2.45) is 0 Å². The van der Waals surface area contributed by atoms with Crippen molar-refractivity contribution in [2.45, 2.75) is 32.4 Å². The lowest BCUT2D eigenvalue weighted by Gasteiger charge is -2.33. The average molecular weight is 248 g/mol. The molecule has 0 aromatic heterocycles. The third-order valence-corrected chi connectivity index (χ3v) is 3.71. The standard InChI is InChI=1S/C15H24N2O/c1-13-5-2-3-6-14(13)11-17-9-4-7-15(12-17)16-8-10-18/h2-3,5-6,15-16,18H,4,7-12H2,1H3. The van der Waals surface area contributed by atoms with Crippen molar-refractivity contribution in [3.8, 4) is 0 Å². The molecule has 1 unspecified atom stereocenters. The minimum atomic E-state index is 0.230. The Morgan fingerprint density at radius 2 is 2.22 bits per heavy atom. The Morgan fingerprint density at radius 3 is 3.00 bits per heavy atom. The van der Waals surface area contributed by atoms with Crippen molar-refractivity contribution in [3.63, 3.8) is 0 Å². The molecule has 1 aliphatic heterocycles. The number of nitrogens with one attached hydrogen (secondary N) is 1. The molecule has 1 saturated heterocycles. The van der Waals surface area contributed by atoms with E-state index in [2.05, 4.69) is 41.4 Å². The van der Waals surface area contributed by atoms with Gasteiger partial charge in [-0.15, -0.1) is 0 Å². The van der Waals surface area contributed by atoms with Crippen LogP contribution in [0.3, 0.4) is 0 Å². The molecule has 18 heavy (non-hydrogen) atoms. The van der Waals surface area contributed by atoms with Crippen LogP contribution in [0, 0.1) is 6.92 Å². The van der Waals surface area contributed by atoms with Gasteiger partial charge >= 0.3 is 0 Å². The molecule has 0 bridgehead atoms. The van der Waals surface area contributed by atoms with Crippen LogP contribution in [0.1, 0.15) is 24.0 Å². The molecule has 3 nitrogen and oxygen atoms in total. The first-order valence-electron chi connectivity index (χ1n) is 6.90. The fourth-order valence-electron chi connectivity index (χ4n) is 2.66. The zero-order valence-electron chi connectivity index (χ0n) is 11.2. The number of nitrogens with zero attached hydrogens (tertiary/aromatic N) is 1. The maximum absolute atomic E-state index is 8.86. The van der Waals surface area contributed by atoms with Gasteiger partial charge in [0.1, 0.15) is 0 Å². The van der Waals surface area contributed by atoms with E-state index in [0.717, 1.165) is 13.1 Å². The molecule has 0 spiro atoms. The summed E-state index contributed by atoms with van der Waals surface area (Å²) in [5, 5.41) is 12.3. The van der Waals surface area contributed by atoms with Crippen molar-refractivity contribution in [2.75, 3.05) is 26.2 Å². The van der Waals surface area contributed by atoms with Gasteiger partial charge in [0.2, 0.25) is 0 Å². The van der Waals surface area contributed by atoms with Crippen molar-refractivity contribution in [1.82, 2.24) is 10.2 Å². The summed E-state index contributed by atoms with van der Waals surface area (Å²) in [6.45, 7) is 6.45. The second-order valence-electron chi connectivity index (χ2n) is 5.18. The molecule has 1 aromatic rings. The lowest BCUT2D eigenvalue weighted by molar-refractivity contribution is 0.176. The summed E-state index contributed by atoms with van der Waals surface area (Å²) in [6.07, 6.45) is 2.47. The maximum atomic E-state index is 8.86. The van der Waals surface area contributed by atoms with E-state index in [4.69, 9.17) is 5.11 Å². The predicted molar refractivity (Wildman–Crippen MR) is 74.6 cm³/mol. The highest BCUT2D eigenvalue weighted by Gasteiger charge is 2.19. The van der Waals surface area contributed by atoms with Gasteiger partial charge in [0.05, 0.1) is 6.61 Å². The zero-order chi connectivity index (χ0) is 12.8. The number of aliphatic hydroxyl groups excluding tert-OH is 1. The number of hydrogen-bond donors (Lipinski definition) is 2. The van der Waals surface area contributed by atoms with Crippen molar-refractivity contribution >= 4 is 0 Å². The molecule has 1 aliphatic rings. The average Bonchev–Trinajstić information content (AvgIpc) is 2.40. The maximum Gasteiger partial charge on any atom is 0.0556 e. The third-order valence-electron chi connectivity index (χ3n) is 3.71. The lowest BCUT2D eigenvalue weighted by Crippen LogP contribution is -2.46. The second kappa shape index (κ2) is 6.88. The molecule has 0 radical (unpaired) electrons. The van der Waals surface area contributed by atoms with Crippen molar-refractivity contribution in [3.05, 3.63) is 35.4 Å². The molecule has 1 atom stereocenters. The predicted octanol–water partition coefficient (Wildman–Crippen LogP) is 1.54. The second-order valence-corrected chi connectivity index (χ2v) is 5.18. The number of aryl methyl sites for hydroxylation is 1. The SMILES string of the molecule is Cc1ccccc1CN1CCCC(NCCO)C1. The van der Waals surface area contributed by atoms with Gasteiger partial charge in [0.15, 0.2) is 0 Å². The van der Waals surface area contributed by atoms with Gasteiger partial charge in [0.25, 0.3) is 0 Å². The van der Waals surface area contributed by atoms with Crippen LogP contribution in [0.2, 0.25) is 0 Å². The summed E-state index contributed by atoms with van der Waals surface area (Å²) in [6, 6.07) is 9.16. The summed E-state index contributed by atoms with van der Waals surface area (Å²) in [5.74, 6) is 0. The minimum absolute atomic E-state index is 0.230. The van der Waals surface area contributed by atoms with Crippen LogP contribution < -0.4 is 5.32 Å². The summed E-state index contributed by atoms with van der Waals surface area (Å²) in [7, 11) is 0. The smallest absolute Gasteiger partial charge is 0.0556 e. The molecule has 2 N–H and O–H groups in total. The summed E-state index contributed by atoms with van der Waals surface area (Å²) in [4.78, 5) is 2.51. The lowest BCUT2D eigenvalue weighted by atomic mass is 10.0. The van der Waals surface area contributed by atoms with Crippen LogP contribution in [0.25, 0.3) is 0 Å². The molecule has 1 heterocycles. The van der Waals surface area contributed by atoms with Gasteiger partial charge in [0, 0.05) is 25.7 Å². The van der Waals surface area contributed by atoms with Crippen LogP contribution >= 0.6 is 0 Å². The molecule has 2 rings (SSSR count). The van der Waals surface area contributed by atoms with Gasteiger partial charge in [-0.1, -0.05) is 24.3 Å². The fourth-order valence-corrected chi connectivity index (χ4v) is 2.66. The largest absolute Gasteiger partial charge is 0.395 e. The van der Waals surface area contributed by atoms with Crippen LogP contribution in [0.5, 0.6) is 0 Å². The Bertz CT molecular complexity index is 367. The third kappa shape index (κ3) is 3.80. The highest BCUT2D eigenvalue weighted by atomic mass is 16.3. The molecular weight excluding hydrogens is 224 g/mol. The van der Waals surface area contributed by atoms with Gasteiger partial charge in [-0.25, -0.2) is 0 Å². The summed E-state index contributed by atoms with van der Waals surface area (Å²) < 4.78 is 0. The van der Waals surface area contributed by atoms with E-state index in [-0.39, 0.29) is 6.61 Å². The fraction of sp³-hybridized carbons (Fsp3) is 0.600. The first kappa shape index (κ1) is 13.5. The molecule has 1 fully saturated rings. The highest BCUT2D eigenvalue weighted by molar-refractivity contribution is 5.25. The Balaban J connectivity index is 1.87. The van der Waals surface area contributed by atoms with E-state index >= 15 is 0 Å². The molecule has 3 heteroatoms. The molecule has 0 saturated carbocycles. The van der Waals surface area contributed by atoms with Gasteiger partial charge < -0.3 is 10.4 Å². The number of rotatable bonds is 5. The first-order chi connectivity index (χ1) is 8.79. The van der Waals surface area contributed by atoms with Gasteiger partial charge in [-0.3, -0.25) is 4.90 Å². The Morgan fingerprint density at radius 1 is 1.39 bits per heavy atom. The normalized spacial score (nSPS) is 21.1. The molecule has 0 amide bonds. The first-order valence-corrected chi connectivity index (χ1v) is 6.90. The number of likely N-dealkylation sites (tertiary alicyclic amines) is 1. The van der Waals surface area contributed by atoms with E-state index in [0.29, 0.717) is 12.6 Å². The van der Waals surface area contributed by atoms with E-state index in [1.54, 1.807) is 0 Å². The topological polar surface area (TPSA) is 35.5 Å². The number of piperidine rings is 1. The van der Waals surface area contributed by atoms with E-state index in [1.165, 1.54) is 30.5 Å². The van der Waals surface area contributed by atoms with Crippen LogP contribution in [0.15, 0.2) is 24.3 Å². The number of hydrogen-bond acceptors (Lipinski definition) is 3. The summed E-state index contributed by atoms with van der Waals surface area (Å²) >= 11 is 0. The molecule has 100 valence electrons. The van der Waals surface area contributed by atoms with Crippen molar-refractivity contribution < 1.29 is 5.11 Å². The molecule has 0 aliphatic carbocycles. The molecule has 1 aromatic carbocycles. The van der Waals surface area contributed by atoms with Gasteiger partial charge in [-0.2, -0.15) is 0 Å². The molecular formula is C15H24N2O. The Hall–Kier alpha value is -0.900. The summed E-state index contributed by atoms with van der Waals surface area (Å²) in [5.41, 5.74) is 2.81. The number of benzene rings is 1. The highest BCUT2D eigenvalue weighted by Crippen LogP contribution is 2.15. The van der Waals surface area contributed by atoms with Gasteiger partial charge in [-0.05, 0) is 37.4 Å². The van der Waals surface area contributed by atoms with Crippen LogP contribution in [-0.2, 0) is 6.54 Å². The van der Waals surface area contributed by atoms with Crippen LogP contribution in [-0.4, -0.2) is 42.3 Å². The van der Waals surface area contributed by atoms with E-state index in [1.807, 2.05) is 0 Å². The van der Waals surface area contributed by atoms with Crippen LogP contribution in [0.4, 0.5) is 0 Å². The Kier molecular flexibility index (Phi) is 5.17. The van der Waals surface area contributed by atoms with E-state index in [9.17, 15) is 0 Å². The van der Waals surface area contributed by atoms with E-state index < -0.39 is 0 Å². The Labute approximate surface area is 110 Å². The zero-order valence-corrected chi connectivity index (χ0v) is 11.2. The monoisotopic (exact) mass is 248 g/mol. The number of aliphatic hydroxyl groups is 1. The minimum Gasteiger partial charge on any atom is -0.395 e. The van der Waals surface area contributed by atoms with Crippen molar-refractivity contribution in [1.29, 1.82) is 0 Å². The quantitative estimate of drug-likeness (QED) is 0.830.